The lowest BCUT2D eigenvalue weighted by atomic mass is 9.76. The number of carbonyl (C=O) groups is 1. The quantitative estimate of drug-likeness (QED) is 0.342. The van der Waals surface area contributed by atoms with Gasteiger partial charge in [-0.05, 0) is 43.2 Å². The number of amides is 1. The van der Waals surface area contributed by atoms with E-state index in [0.717, 1.165) is 66.8 Å². The molecule has 3 aliphatic rings. The Hall–Kier alpha value is -2.15. The molecular weight excluding hydrogens is 519 g/mol. The molecule has 1 aliphatic carbocycles. The van der Waals surface area contributed by atoms with Gasteiger partial charge in [-0.3, -0.25) is 10.2 Å². The molecule has 2 saturated heterocycles. The summed E-state index contributed by atoms with van der Waals surface area (Å²) < 4.78 is 0. The summed E-state index contributed by atoms with van der Waals surface area (Å²) in [6.07, 6.45) is 7.10. The molecule has 0 bridgehead atoms. The number of amidine groups is 1. The van der Waals surface area contributed by atoms with E-state index in [1.54, 1.807) is 17.2 Å². The number of halogens is 3. The van der Waals surface area contributed by atoms with E-state index in [4.69, 9.17) is 45.2 Å². The zero-order valence-electron chi connectivity index (χ0n) is 20.0. The summed E-state index contributed by atoms with van der Waals surface area (Å²) in [4.78, 5) is 21.4. The van der Waals surface area contributed by atoms with Gasteiger partial charge in [-0.1, -0.05) is 23.2 Å². The minimum atomic E-state index is -0.625. The van der Waals surface area contributed by atoms with Crippen molar-refractivity contribution in [3.8, 4) is 0 Å². The van der Waals surface area contributed by atoms with Crippen LogP contribution in [-0.4, -0.2) is 52.9 Å². The standard InChI is InChI=1S/C27H29Cl3N4O2/c28-20-12-18-1-2-19-13-21(29)15-32-26(19)25(24(18)22(30)14-20)17-5-9-33(10-6-17)23(35)11-16-3-7-34(8-4-16)27(31)36/h12-17H,1-11H2,(H-,31,36). The molecule has 1 aromatic carbocycles. The molecule has 2 fully saturated rings. The molecule has 1 aromatic heterocycles. The van der Waals surface area contributed by atoms with Crippen molar-refractivity contribution in [3.05, 3.63) is 67.8 Å². The second-order valence-electron chi connectivity index (χ2n) is 10.1. The van der Waals surface area contributed by atoms with Gasteiger partial charge >= 0.3 is 0 Å². The molecule has 2 aliphatic heterocycles. The number of aromatic nitrogens is 1. The summed E-state index contributed by atoms with van der Waals surface area (Å²) in [6, 6.07) is 5.19. The van der Waals surface area contributed by atoms with Crippen molar-refractivity contribution in [2.24, 2.45) is 11.8 Å². The molecule has 36 heavy (non-hydrogen) atoms. The van der Waals surface area contributed by atoms with Crippen LogP contribution in [0, 0.1) is 23.2 Å². The molecule has 0 radical (unpaired) electrons. The van der Waals surface area contributed by atoms with E-state index < -0.39 is 6.02 Å². The molecule has 0 atom stereocenters. The van der Waals surface area contributed by atoms with Crippen LogP contribution in [0.2, 0.25) is 15.1 Å². The lowest BCUT2D eigenvalue weighted by Gasteiger charge is -2.37. The third kappa shape index (κ3) is 5.27. The van der Waals surface area contributed by atoms with Crippen molar-refractivity contribution >= 4 is 46.7 Å². The second-order valence-corrected chi connectivity index (χ2v) is 11.4. The van der Waals surface area contributed by atoms with Crippen LogP contribution in [0.4, 0.5) is 0 Å². The van der Waals surface area contributed by atoms with Gasteiger partial charge in [0.15, 0.2) is 5.69 Å². The van der Waals surface area contributed by atoms with E-state index in [0.29, 0.717) is 47.7 Å². The fourth-order valence-corrected chi connectivity index (χ4v) is 6.78. The Morgan fingerprint density at radius 3 is 2.31 bits per heavy atom. The van der Waals surface area contributed by atoms with Gasteiger partial charge in [0.25, 0.3) is 0 Å². The number of rotatable bonds is 3. The van der Waals surface area contributed by atoms with Gasteiger partial charge in [-0.15, -0.1) is 0 Å². The minimum absolute atomic E-state index is 0.186. The molecule has 3 heterocycles. The van der Waals surface area contributed by atoms with Crippen molar-refractivity contribution in [1.29, 1.82) is 5.41 Å². The van der Waals surface area contributed by atoms with Crippen LogP contribution in [0.1, 0.15) is 54.5 Å². The molecule has 0 saturated carbocycles. The van der Waals surface area contributed by atoms with E-state index >= 15 is 0 Å². The first-order valence-electron chi connectivity index (χ1n) is 12.6. The monoisotopic (exact) mass is 546 g/mol. The van der Waals surface area contributed by atoms with Crippen LogP contribution < -0.4 is 5.11 Å². The number of likely N-dealkylation sites (tertiary alicyclic amines) is 2. The summed E-state index contributed by atoms with van der Waals surface area (Å²) in [7, 11) is 0. The van der Waals surface area contributed by atoms with Crippen LogP contribution in [0.3, 0.4) is 0 Å². The smallest absolute Gasteiger partial charge is 0.222 e. The van der Waals surface area contributed by atoms with Crippen molar-refractivity contribution in [1.82, 2.24) is 14.8 Å². The highest BCUT2D eigenvalue weighted by Crippen LogP contribution is 2.45. The number of nitrogens with zero attached hydrogens (tertiary/aromatic N) is 3. The predicted octanol–water partition coefficient (Wildman–Crippen LogP) is 4.75. The Labute approximate surface area is 227 Å². The van der Waals surface area contributed by atoms with Crippen LogP contribution >= 0.6 is 34.8 Å². The highest BCUT2D eigenvalue weighted by molar-refractivity contribution is 6.35. The number of hydrogen-bond donors (Lipinski definition) is 1. The largest absolute Gasteiger partial charge is 0.846 e. The average Bonchev–Trinajstić information content (AvgIpc) is 3.01. The lowest BCUT2D eigenvalue weighted by Crippen LogP contribution is -2.45. The number of nitrogens with one attached hydrogen (secondary N) is 1. The number of benzene rings is 1. The van der Waals surface area contributed by atoms with Gasteiger partial charge < -0.3 is 14.9 Å². The molecule has 190 valence electrons. The Kier molecular flexibility index (Phi) is 7.57. The van der Waals surface area contributed by atoms with Crippen LogP contribution in [0.15, 0.2) is 24.4 Å². The summed E-state index contributed by atoms with van der Waals surface area (Å²) >= 11 is 19.4. The molecule has 9 heteroatoms. The van der Waals surface area contributed by atoms with E-state index in [1.807, 2.05) is 17.0 Å². The zero-order valence-corrected chi connectivity index (χ0v) is 22.3. The van der Waals surface area contributed by atoms with Crippen molar-refractivity contribution in [2.45, 2.75) is 44.9 Å². The highest BCUT2D eigenvalue weighted by atomic mass is 35.5. The molecule has 1 N–H and O–H groups in total. The Morgan fingerprint density at radius 2 is 1.61 bits per heavy atom. The number of pyridine rings is 1. The summed E-state index contributed by atoms with van der Waals surface area (Å²) in [5, 5.41) is 20.4. The molecule has 0 spiro atoms. The van der Waals surface area contributed by atoms with Crippen LogP contribution in [0.25, 0.3) is 0 Å². The maximum absolute atomic E-state index is 13.1. The van der Waals surface area contributed by atoms with Crippen LogP contribution in [0.5, 0.6) is 0 Å². The van der Waals surface area contributed by atoms with E-state index in [-0.39, 0.29) is 17.7 Å². The van der Waals surface area contributed by atoms with Gasteiger partial charge in [0.1, 0.15) is 10.6 Å². The van der Waals surface area contributed by atoms with Crippen molar-refractivity contribution in [2.75, 3.05) is 26.2 Å². The summed E-state index contributed by atoms with van der Waals surface area (Å²) in [6.45, 7) is 2.53. The maximum atomic E-state index is 13.1. The first kappa shape index (κ1) is 25.5. The predicted molar refractivity (Wildman–Crippen MR) is 141 cm³/mol. The summed E-state index contributed by atoms with van der Waals surface area (Å²) in [5.41, 5.74) is 4.25. The van der Waals surface area contributed by atoms with Gasteiger partial charge in [-0.2, -0.15) is 0 Å². The fraction of sp³-hybridized carbons (Fsp3) is 0.481. The number of piperidine rings is 2. The first-order chi connectivity index (χ1) is 17.3. The normalized spacial score (nSPS) is 19.0. The lowest BCUT2D eigenvalue weighted by molar-refractivity contribution is -0.238. The second kappa shape index (κ2) is 10.7. The van der Waals surface area contributed by atoms with Crippen LogP contribution in [-0.2, 0) is 17.6 Å². The minimum Gasteiger partial charge on any atom is -0.846 e. The topological polar surface area (TPSA) is 83.3 Å². The van der Waals surface area contributed by atoms with E-state index in [1.165, 1.54) is 0 Å². The molecule has 5 rings (SSSR count). The Bertz CT molecular complexity index is 1160. The number of hydrogen-bond acceptors (Lipinski definition) is 4. The third-order valence-corrected chi connectivity index (χ3v) is 8.60. The van der Waals surface area contributed by atoms with E-state index in [2.05, 4.69) is 0 Å². The maximum Gasteiger partial charge on any atom is 0.222 e. The van der Waals surface area contributed by atoms with Gasteiger partial charge in [0.2, 0.25) is 5.91 Å². The summed E-state index contributed by atoms with van der Waals surface area (Å²) in [5.74, 6) is 1.84. The average molecular weight is 548 g/mol. The molecule has 6 nitrogen and oxygen atoms in total. The van der Waals surface area contributed by atoms with Gasteiger partial charge in [-0.25, -0.2) is 4.98 Å². The van der Waals surface area contributed by atoms with Gasteiger partial charge in [0.05, 0.1) is 16.0 Å². The van der Waals surface area contributed by atoms with Gasteiger partial charge in [0, 0.05) is 92.9 Å². The SMILES string of the molecule is N=C([O-])N1CCC(CC(=O)N2CCC([C+]3c4ncc(Cl)cc4CCc4cc(Cl)cc(Cl)c43)CC2)CC1. The van der Waals surface area contributed by atoms with E-state index in [9.17, 15) is 9.90 Å². The molecule has 1 amide bonds. The zero-order chi connectivity index (χ0) is 25.4. The molecular formula is C27H29Cl3N4O2. The Balaban J connectivity index is 1.31. The molecule has 0 unspecified atom stereocenters. The number of carbonyl (C=O) groups excluding carboxylic acids is 1. The third-order valence-electron chi connectivity index (χ3n) is 7.88. The van der Waals surface area contributed by atoms with Crippen molar-refractivity contribution < 1.29 is 9.90 Å². The Morgan fingerprint density at radius 1 is 0.972 bits per heavy atom. The van der Waals surface area contributed by atoms with Crippen molar-refractivity contribution in [3.63, 3.8) is 0 Å². The number of aryl methyl sites for hydroxylation is 2. The highest BCUT2D eigenvalue weighted by Gasteiger charge is 2.42. The fourth-order valence-electron chi connectivity index (χ4n) is 5.96. The first-order valence-corrected chi connectivity index (χ1v) is 13.7. The number of fused-ring (bicyclic) bond motifs is 2. The molecule has 2 aromatic rings.